The fourth-order valence-corrected chi connectivity index (χ4v) is 3.06. The summed E-state index contributed by atoms with van der Waals surface area (Å²) >= 11 is 0. The summed E-state index contributed by atoms with van der Waals surface area (Å²) in [6, 6.07) is 15.5. The van der Waals surface area contributed by atoms with Crippen LogP contribution < -0.4 is 0 Å². The van der Waals surface area contributed by atoms with Crippen molar-refractivity contribution in [2.24, 2.45) is 0 Å². The first-order valence-corrected chi connectivity index (χ1v) is 8.09. The highest BCUT2D eigenvalue weighted by atomic mass is 32.2. The van der Waals surface area contributed by atoms with E-state index in [-0.39, 0.29) is 17.9 Å². The molecule has 0 aliphatic heterocycles. The molecule has 112 valence electrons. The van der Waals surface area contributed by atoms with Crippen molar-refractivity contribution in [3.8, 4) is 0 Å². The van der Waals surface area contributed by atoms with Gasteiger partial charge in [0.2, 0.25) is 0 Å². The van der Waals surface area contributed by atoms with Gasteiger partial charge in [0.1, 0.15) is 6.10 Å². The molecule has 0 saturated heterocycles. The molecule has 0 radical (unpaired) electrons. The van der Waals surface area contributed by atoms with Crippen LogP contribution in [0.4, 0.5) is 0 Å². The predicted octanol–water partition coefficient (Wildman–Crippen LogP) is 2.82. The van der Waals surface area contributed by atoms with Gasteiger partial charge in [-0.2, -0.15) is 8.42 Å². The van der Waals surface area contributed by atoms with Gasteiger partial charge in [-0.1, -0.05) is 48.0 Å². The molecular weight excluding hydrogens is 288 g/mol. The van der Waals surface area contributed by atoms with Crippen LogP contribution in [0, 0.1) is 6.92 Å². The summed E-state index contributed by atoms with van der Waals surface area (Å²) in [6.45, 7) is 1.73. The lowest BCUT2D eigenvalue weighted by molar-refractivity contribution is 0.162. The number of hydrogen-bond acceptors (Lipinski definition) is 4. The first-order valence-electron chi connectivity index (χ1n) is 6.69. The first-order chi connectivity index (χ1) is 10.0. The van der Waals surface area contributed by atoms with E-state index in [2.05, 4.69) is 0 Å². The van der Waals surface area contributed by atoms with Crippen molar-refractivity contribution in [3.05, 3.63) is 65.7 Å². The zero-order chi connectivity index (χ0) is 15.3. The van der Waals surface area contributed by atoms with Crippen molar-refractivity contribution in [2.45, 2.75) is 24.3 Å². The van der Waals surface area contributed by atoms with Gasteiger partial charge in [-0.15, -0.1) is 0 Å². The van der Waals surface area contributed by atoms with Crippen LogP contribution >= 0.6 is 0 Å². The van der Waals surface area contributed by atoms with Crippen LogP contribution in [0.5, 0.6) is 0 Å². The summed E-state index contributed by atoms with van der Waals surface area (Å²) in [5.74, 6) is 0. The Bertz CT molecular complexity index is 663. The van der Waals surface area contributed by atoms with E-state index in [1.165, 1.54) is 12.1 Å². The standard InChI is InChI=1S/C16H18O4S/c1-13-7-9-15(10-8-13)21(18,19)20-16(11-12-17)14-5-3-2-4-6-14/h2-10,16-17H,11-12H2,1H3/t16-/m0/s1. The molecule has 1 atom stereocenters. The summed E-state index contributed by atoms with van der Waals surface area (Å²) in [7, 11) is -3.86. The monoisotopic (exact) mass is 306 g/mol. The number of aliphatic hydroxyl groups excluding tert-OH is 1. The van der Waals surface area contributed by atoms with Crippen LogP contribution in [0.1, 0.15) is 23.7 Å². The van der Waals surface area contributed by atoms with E-state index in [1.807, 2.05) is 25.1 Å². The minimum atomic E-state index is -3.86. The molecule has 0 bridgehead atoms. The lowest BCUT2D eigenvalue weighted by Crippen LogP contribution is -2.13. The highest BCUT2D eigenvalue weighted by Gasteiger charge is 2.22. The third-order valence-electron chi connectivity index (χ3n) is 3.12. The van der Waals surface area contributed by atoms with Gasteiger partial charge in [-0.25, -0.2) is 0 Å². The number of rotatable bonds is 6. The number of aryl methyl sites for hydroxylation is 1. The van der Waals surface area contributed by atoms with Gasteiger partial charge in [0.15, 0.2) is 0 Å². The molecule has 0 fully saturated rings. The molecule has 5 heteroatoms. The zero-order valence-corrected chi connectivity index (χ0v) is 12.6. The normalized spacial score (nSPS) is 13.0. The molecule has 0 spiro atoms. The summed E-state index contributed by atoms with van der Waals surface area (Å²) in [5, 5.41) is 9.13. The fourth-order valence-electron chi connectivity index (χ4n) is 1.97. The Balaban J connectivity index is 2.25. The van der Waals surface area contributed by atoms with Crippen molar-refractivity contribution in [2.75, 3.05) is 6.61 Å². The van der Waals surface area contributed by atoms with Crippen LogP contribution in [0.3, 0.4) is 0 Å². The Morgan fingerprint density at radius 3 is 2.24 bits per heavy atom. The number of benzene rings is 2. The van der Waals surface area contributed by atoms with Crippen molar-refractivity contribution in [1.82, 2.24) is 0 Å². The summed E-state index contributed by atoms with van der Waals surface area (Å²) in [6.07, 6.45) is -0.475. The third-order valence-corrected chi connectivity index (χ3v) is 4.45. The minimum Gasteiger partial charge on any atom is -0.396 e. The second kappa shape index (κ2) is 6.85. The maximum absolute atomic E-state index is 12.3. The summed E-state index contributed by atoms with van der Waals surface area (Å²) in [4.78, 5) is 0.118. The van der Waals surface area contributed by atoms with Crippen molar-refractivity contribution in [1.29, 1.82) is 0 Å². The van der Waals surface area contributed by atoms with Gasteiger partial charge in [0.25, 0.3) is 10.1 Å². The SMILES string of the molecule is Cc1ccc(S(=O)(=O)O[C@@H](CCO)c2ccccc2)cc1. The van der Waals surface area contributed by atoms with Crippen LogP contribution in [-0.2, 0) is 14.3 Å². The average Bonchev–Trinajstić information content (AvgIpc) is 2.48. The topological polar surface area (TPSA) is 63.6 Å². The molecule has 0 amide bonds. The van der Waals surface area contributed by atoms with Crippen molar-refractivity contribution < 1.29 is 17.7 Å². The van der Waals surface area contributed by atoms with Crippen molar-refractivity contribution >= 4 is 10.1 Å². The first kappa shape index (κ1) is 15.7. The molecule has 1 N–H and O–H groups in total. The van der Waals surface area contributed by atoms with Gasteiger partial charge in [-0.05, 0) is 24.6 Å². The Kier molecular flexibility index (Phi) is 5.12. The van der Waals surface area contributed by atoms with Gasteiger partial charge >= 0.3 is 0 Å². The second-order valence-electron chi connectivity index (χ2n) is 4.78. The smallest absolute Gasteiger partial charge is 0.297 e. The van der Waals surface area contributed by atoms with Crippen molar-refractivity contribution in [3.63, 3.8) is 0 Å². The van der Waals surface area contributed by atoms with Gasteiger partial charge in [0, 0.05) is 13.0 Å². The number of aliphatic hydroxyl groups is 1. The highest BCUT2D eigenvalue weighted by molar-refractivity contribution is 7.86. The molecule has 21 heavy (non-hydrogen) atoms. The fraction of sp³-hybridized carbons (Fsp3) is 0.250. The van der Waals surface area contributed by atoms with E-state index in [4.69, 9.17) is 9.29 Å². The quantitative estimate of drug-likeness (QED) is 0.834. The minimum absolute atomic E-state index is 0.118. The Hall–Kier alpha value is -1.69. The largest absolute Gasteiger partial charge is 0.396 e. The van der Waals surface area contributed by atoms with E-state index in [0.717, 1.165) is 11.1 Å². The van der Waals surface area contributed by atoms with E-state index in [9.17, 15) is 8.42 Å². The van der Waals surface area contributed by atoms with Gasteiger partial charge < -0.3 is 5.11 Å². The Labute approximate surface area is 125 Å². The zero-order valence-electron chi connectivity index (χ0n) is 11.8. The van der Waals surface area contributed by atoms with Gasteiger partial charge in [0.05, 0.1) is 4.90 Å². The molecule has 4 nitrogen and oxygen atoms in total. The summed E-state index contributed by atoms with van der Waals surface area (Å²) < 4.78 is 29.9. The molecule has 0 aliphatic rings. The molecule has 0 aliphatic carbocycles. The van der Waals surface area contributed by atoms with E-state index in [1.54, 1.807) is 24.3 Å². The van der Waals surface area contributed by atoms with E-state index < -0.39 is 16.2 Å². The third kappa shape index (κ3) is 4.14. The van der Waals surface area contributed by atoms with E-state index in [0.29, 0.717) is 0 Å². The average molecular weight is 306 g/mol. The predicted molar refractivity (Wildman–Crippen MR) is 80.3 cm³/mol. The number of hydrogen-bond donors (Lipinski definition) is 1. The molecule has 0 aromatic heterocycles. The molecule has 0 heterocycles. The van der Waals surface area contributed by atoms with Gasteiger partial charge in [-0.3, -0.25) is 4.18 Å². The van der Waals surface area contributed by atoms with E-state index >= 15 is 0 Å². The molecule has 0 unspecified atom stereocenters. The van der Waals surface area contributed by atoms with Crippen LogP contribution in [-0.4, -0.2) is 20.1 Å². The van der Waals surface area contributed by atoms with Crippen LogP contribution in [0.2, 0.25) is 0 Å². The molecule has 2 aromatic carbocycles. The molecule has 2 aromatic rings. The highest BCUT2D eigenvalue weighted by Crippen LogP contribution is 2.26. The lowest BCUT2D eigenvalue weighted by atomic mass is 10.1. The molecule has 0 saturated carbocycles. The molecular formula is C16H18O4S. The second-order valence-corrected chi connectivity index (χ2v) is 6.35. The Morgan fingerprint density at radius 1 is 1.05 bits per heavy atom. The maximum Gasteiger partial charge on any atom is 0.297 e. The Morgan fingerprint density at radius 2 is 1.67 bits per heavy atom. The lowest BCUT2D eigenvalue weighted by Gasteiger charge is -2.17. The summed E-state index contributed by atoms with van der Waals surface area (Å²) in [5.41, 5.74) is 1.70. The molecule has 2 rings (SSSR count). The van der Waals surface area contributed by atoms with Crippen LogP contribution in [0.25, 0.3) is 0 Å². The van der Waals surface area contributed by atoms with Crippen LogP contribution in [0.15, 0.2) is 59.5 Å². The maximum atomic E-state index is 12.3.